The monoisotopic (exact) mass is 304 g/mol. The van der Waals surface area contributed by atoms with E-state index in [2.05, 4.69) is 0 Å². The van der Waals surface area contributed by atoms with Crippen molar-refractivity contribution in [1.82, 2.24) is 0 Å². The van der Waals surface area contributed by atoms with Crippen LogP contribution in [0.25, 0.3) is 0 Å². The fourth-order valence-corrected chi connectivity index (χ4v) is 2.96. The van der Waals surface area contributed by atoms with Crippen LogP contribution in [-0.4, -0.2) is 24.0 Å². The minimum atomic E-state index is -1.05. The summed E-state index contributed by atoms with van der Waals surface area (Å²) >= 11 is 1.43. The lowest BCUT2D eigenvalue weighted by Gasteiger charge is -2.18. The summed E-state index contributed by atoms with van der Waals surface area (Å²) in [7, 11) is 1.62. The first kappa shape index (κ1) is 15.1. The van der Waals surface area contributed by atoms with E-state index in [0.29, 0.717) is 10.6 Å². The average molecular weight is 304 g/mol. The van der Waals surface area contributed by atoms with Gasteiger partial charge in [0.05, 0.1) is 21.8 Å². The van der Waals surface area contributed by atoms with E-state index in [9.17, 15) is 9.59 Å². The number of benzene rings is 1. The van der Waals surface area contributed by atoms with E-state index in [1.807, 2.05) is 19.9 Å². The van der Waals surface area contributed by atoms with Gasteiger partial charge in [-0.15, -0.1) is 11.3 Å². The number of carbonyl (C=O) groups is 2. The number of aromatic carboxylic acids is 1. The largest absolute Gasteiger partial charge is 0.478 e. The number of anilines is 2. The molecule has 2 rings (SSSR count). The Hall–Kier alpha value is -2.34. The van der Waals surface area contributed by atoms with Crippen molar-refractivity contribution >= 4 is 34.6 Å². The molecule has 21 heavy (non-hydrogen) atoms. The molecule has 0 atom stereocenters. The molecule has 1 amide bonds. The zero-order chi connectivity index (χ0) is 15.7. The van der Waals surface area contributed by atoms with Gasteiger partial charge < -0.3 is 15.7 Å². The Balaban J connectivity index is 2.33. The zero-order valence-electron chi connectivity index (χ0n) is 12.0. The van der Waals surface area contributed by atoms with Gasteiger partial charge in [-0.2, -0.15) is 0 Å². The topological polar surface area (TPSA) is 83.6 Å². The number of aryl methyl sites for hydroxylation is 2. The predicted molar refractivity (Wildman–Crippen MR) is 84.3 cm³/mol. The molecule has 6 heteroatoms. The molecule has 0 bridgehead atoms. The number of carbonyl (C=O) groups excluding carboxylic acids is 1. The highest BCUT2D eigenvalue weighted by molar-refractivity contribution is 7.14. The predicted octanol–water partition coefficient (Wildman–Crippen LogP) is 2.92. The van der Waals surface area contributed by atoms with Crippen LogP contribution in [0.5, 0.6) is 0 Å². The van der Waals surface area contributed by atoms with E-state index in [1.54, 1.807) is 13.1 Å². The van der Waals surface area contributed by atoms with Crippen LogP contribution in [-0.2, 0) is 0 Å². The molecule has 1 aromatic carbocycles. The number of carboxylic acids is 1. The second-order valence-corrected chi connectivity index (χ2v) is 6.05. The number of rotatable bonds is 3. The lowest BCUT2D eigenvalue weighted by Crippen LogP contribution is -2.26. The van der Waals surface area contributed by atoms with Crippen molar-refractivity contribution in [2.75, 3.05) is 17.7 Å². The number of thiophene rings is 1. The van der Waals surface area contributed by atoms with Crippen molar-refractivity contribution in [3.63, 3.8) is 0 Å². The lowest BCUT2D eigenvalue weighted by atomic mass is 10.1. The van der Waals surface area contributed by atoms with Gasteiger partial charge in [0.1, 0.15) is 0 Å². The second kappa shape index (κ2) is 5.57. The van der Waals surface area contributed by atoms with Crippen molar-refractivity contribution in [1.29, 1.82) is 0 Å². The summed E-state index contributed by atoms with van der Waals surface area (Å²) in [6, 6.07) is 6.18. The molecule has 5 nitrogen and oxygen atoms in total. The third-order valence-corrected chi connectivity index (χ3v) is 4.46. The van der Waals surface area contributed by atoms with Gasteiger partial charge in [0.2, 0.25) is 0 Å². The van der Waals surface area contributed by atoms with Crippen molar-refractivity contribution in [3.05, 3.63) is 45.1 Å². The number of nitrogens with zero attached hydrogens (tertiary/aromatic N) is 1. The smallest absolute Gasteiger partial charge is 0.335 e. The summed E-state index contributed by atoms with van der Waals surface area (Å²) in [5, 5.41) is 8.92. The van der Waals surface area contributed by atoms with Crippen LogP contribution < -0.4 is 10.6 Å². The van der Waals surface area contributed by atoms with Gasteiger partial charge in [-0.3, -0.25) is 4.79 Å². The van der Waals surface area contributed by atoms with Gasteiger partial charge in [-0.05, 0) is 43.7 Å². The summed E-state index contributed by atoms with van der Waals surface area (Å²) in [6.45, 7) is 3.92. The molecule has 0 aliphatic rings. The molecule has 1 heterocycles. The molecule has 0 aliphatic heterocycles. The van der Waals surface area contributed by atoms with Crippen LogP contribution in [0.3, 0.4) is 0 Å². The molecular formula is C15H16N2O3S. The number of hydrogen-bond donors (Lipinski definition) is 2. The Bertz CT molecular complexity index is 702. The standard InChI is InChI=1S/C15H16N2O3S/c1-8-6-13(21-9(8)2)14(18)17(3)12-5-4-10(15(19)20)7-11(12)16/h4-7H,16H2,1-3H3,(H,19,20). The normalized spacial score (nSPS) is 10.4. The molecule has 0 aliphatic carbocycles. The Morgan fingerprint density at radius 2 is 1.90 bits per heavy atom. The van der Waals surface area contributed by atoms with Gasteiger partial charge in [0, 0.05) is 11.9 Å². The Labute approximate surface area is 126 Å². The second-order valence-electron chi connectivity index (χ2n) is 4.79. The fraction of sp³-hybridized carbons (Fsp3) is 0.200. The minimum Gasteiger partial charge on any atom is -0.478 e. The third kappa shape index (κ3) is 2.90. The number of carboxylic acid groups (broad SMARTS) is 1. The maximum atomic E-state index is 12.4. The van der Waals surface area contributed by atoms with Crippen LogP contribution >= 0.6 is 11.3 Å². The number of hydrogen-bond acceptors (Lipinski definition) is 4. The van der Waals surface area contributed by atoms with Gasteiger partial charge >= 0.3 is 5.97 Å². The SMILES string of the molecule is Cc1cc(C(=O)N(C)c2ccc(C(=O)O)cc2N)sc1C. The maximum Gasteiger partial charge on any atom is 0.335 e. The number of amides is 1. The summed E-state index contributed by atoms with van der Waals surface area (Å²) in [5.74, 6) is -1.21. The molecule has 2 aromatic rings. The molecule has 3 N–H and O–H groups in total. The van der Waals surface area contributed by atoms with Crippen LogP contribution in [0.4, 0.5) is 11.4 Å². The average Bonchev–Trinajstić information content (AvgIpc) is 2.77. The zero-order valence-corrected chi connectivity index (χ0v) is 12.8. The summed E-state index contributed by atoms with van der Waals surface area (Å²) in [6.07, 6.45) is 0. The molecule has 0 saturated heterocycles. The quantitative estimate of drug-likeness (QED) is 0.854. The van der Waals surface area contributed by atoms with E-state index in [0.717, 1.165) is 10.4 Å². The Morgan fingerprint density at radius 1 is 1.24 bits per heavy atom. The first-order valence-corrected chi connectivity index (χ1v) is 7.11. The molecule has 1 aromatic heterocycles. The van der Waals surface area contributed by atoms with Crippen LogP contribution in [0, 0.1) is 13.8 Å². The van der Waals surface area contributed by atoms with Crippen molar-refractivity contribution in [3.8, 4) is 0 Å². The number of nitrogen functional groups attached to an aromatic ring is 1. The molecule has 110 valence electrons. The van der Waals surface area contributed by atoms with Crippen molar-refractivity contribution < 1.29 is 14.7 Å². The van der Waals surface area contributed by atoms with E-state index in [1.165, 1.54) is 28.4 Å². The maximum absolute atomic E-state index is 12.4. The highest BCUT2D eigenvalue weighted by atomic mass is 32.1. The van der Waals surface area contributed by atoms with Crippen LogP contribution in [0.15, 0.2) is 24.3 Å². The lowest BCUT2D eigenvalue weighted by molar-refractivity contribution is 0.0697. The summed E-state index contributed by atoms with van der Waals surface area (Å²) in [5.41, 5.74) is 7.78. The summed E-state index contributed by atoms with van der Waals surface area (Å²) < 4.78 is 0. The minimum absolute atomic E-state index is 0.0971. The first-order chi connectivity index (χ1) is 9.81. The highest BCUT2D eigenvalue weighted by Gasteiger charge is 2.19. The van der Waals surface area contributed by atoms with E-state index < -0.39 is 5.97 Å². The van der Waals surface area contributed by atoms with E-state index in [4.69, 9.17) is 10.8 Å². The Kier molecular flexibility index (Phi) is 3.99. The molecular weight excluding hydrogens is 288 g/mol. The van der Waals surface area contributed by atoms with Gasteiger partial charge in [-0.1, -0.05) is 0 Å². The van der Waals surface area contributed by atoms with Gasteiger partial charge in [0.15, 0.2) is 0 Å². The molecule has 0 spiro atoms. The van der Waals surface area contributed by atoms with Crippen molar-refractivity contribution in [2.45, 2.75) is 13.8 Å². The Morgan fingerprint density at radius 3 is 2.38 bits per heavy atom. The van der Waals surface area contributed by atoms with Crippen LogP contribution in [0.2, 0.25) is 0 Å². The molecule has 0 radical (unpaired) electrons. The number of nitrogens with two attached hydrogens (primary N) is 1. The highest BCUT2D eigenvalue weighted by Crippen LogP contribution is 2.27. The molecule has 0 unspecified atom stereocenters. The summed E-state index contributed by atoms with van der Waals surface area (Å²) in [4.78, 5) is 26.5. The van der Waals surface area contributed by atoms with E-state index >= 15 is 0 Å². The van der Waals surface area contributed by atoms with E-state index in [-0.39, 0.29) is 17.2 Å². The molecule has 0 saturated carbocycles. The third-order valence-electron chi connectivity index (χ3n) is 3.32. The van der Waals surface area contributed by atoms with Gasteiger partial charge in [0.25, 0.3) is 5.91 Å². The van der Waals surface area contributed by atoms with Gasteiger partial charge in [-0.25, -0.2) is 4.79 Å². The van der Waals surface area contributed by atoms with Crippen LogP contribution in [0.1, 0.15) is 30.5 Å². The first-order valence-electron chi connectivity index (χ1n) is 6.29. The fourth-order valence-electron chi connectivity index (χ4n) is 1.95. The molecule has 0 fully saturated rings. The van der Waals surface area contributed by atoms with Crippen molar-refractivity contribution in [2.24, 2.45) is 0 Å².